The van der Waals surface area contributed by atoms with Crippen molar-refractivity contribution in [3.63, 3.8) is 0 Å². The summed E-state index contributed by atoms with van der Waals surface area (Å²) in [4.78, 5) is 10.8. The van der Waals surface area contributed by atoms with Crippen LogP contribution in [-0.2, 0) is 0 Å². The summed E-state index contributed by atoms with van der Waals surface area (Å²) >= 11 is 0. The van der Waals surface area contributed by atoms with Gasteiger partial charge in [0.25, 0.3) is 0 Å². The molecule has 1 heterocycles. The van der Waals surface area contributed by atoms with Crippen LogP contribution in [0.2, 0.25) is 0 Å². The Morgan fingerprint density at radius 2 is 2.18 bits per heavy atom. The molecule has 5 nitrogen and oxygen atoms in total. The zero-order chi connectivity index (χ0) is 12.3. The van der Waals surface area contributed by atoms with Gasteiger partial charge in [-0.2, -0.15) is 0 Å². The molecule has 0 aliphatic rings. The maximum Gasteiger partial charge on any atom is 0.335 e. The molecule has 1 aromatic heterocycles. The van der Waals surface area contributed by atoms with Crippen molar-refractivity contribution in [3.8, 4) is 5.69 Å². The van der Waals surface area contributed by atoms with Crippen molar-refractivity contribution in [2.75, 3.05) is 0 Å². The van der Waals surface area contributed by atoms with Gasteiger partial charge in [0.1, 0.15) is 0 Å². The van der Waals surface area contributed by atoms with Crippen molar-refractivity contribution < 1.29 is 9.90 Å². The Balaban J connectivity index is 2.49. The van der Waals surface area contributed by atoms with E-state index in [1.54, 1.807) is 35.0 Å². The van der Waals surface area contributed by atoms with Gasteiger partial charge in [-0.1, -0.05) is 6.07 Å². The predicted molar refractivity (Wildman–Crippen MR) is 63.7 cm³/mol. The van der Waals surface area contributed by atoms with Crippen LogP contribution in [0.25, 0.3) is 5.69 Å². The Morgan fingerprint density at radius 1 is 1.35 bits per heavy atom. The van der Waals surface area contributed by atoms with E-state index in [1.165, 1.54) is 18.3 Å². The number of benzene rings is 1. The molecule has 17 heavy (non-hydrogen) atoms. The fourth-order valence-corrected chi connectivity index (χ4v) is 1.58. The monoisotopic (exact) mass is 229 g/mol. The second-order valence-electron chi connectivity index (χ2n) is 3.39. The number of aromatic carboxylic acids is 1. The summed E-state index contributed by atoms with van der Waals surface area (Å²) in [6.45, 7) is 0. The van der Waals surface area contributed by atoms with Gasteiger partial charge in [-0.05, 0) is 30.3 Å². The molecule has 2 rings (SSSR count). The summed E-state index contributed by atoms with van der Waals surface area (Å²) in [5.74, 6) is -0.988. The van der Waals surface area contributed by atoms with Crippen LogP contribution in [0.3, 0.4) is 0 Å². The van der Waals surface area contributed by atoms with Crippen LogP contribution < -0.4 is 0 Å². The highest BCUT2D eigenvalue weighted by Gasteiger charge is 2.05. The molecular weight excluding hydrogens is 220 g/mol. The van der Waals surface area contributed by atoms with Crippen LogP contribution in [0, 0.1) is 5.21 Å². The molecule has 5 heteroatoms. The minimum Gasteiger partial charge on any atom is -0.792 e. The smallest absolute Gasteiger partial charge is 0.335 e. The van der Waals surface area contributed by atoms with E-state index in [4.69, 9.17) is 5.11 Å². The van der Waals surface area contributed by atoms with Gasteiger partial charge >= 0.3 is 5.97 Å². The Hall–Kier alpha value is -2.56. The molecule has 0 saturated heterocycles. The van der Waals surface area contributed by atoms with Crippen LogP contribution in [0.15, 0.2) is 47.8 Å². The van der Waals surface area contributed by atoms with Gasteiger partial charge in [-0.15, -0.1) is 0 Å². The summed E-state index contributed by atoms with van der Waals surface area (Å²) in [7, 11) is 0. The number of hydrogen-bond acceptors (Lipinski definition) is 3. The maximum absolute atomic E-state index is 10.8. The number of carboxylic acids is 1. The Morgan fingerprint density at radius 3 is 2.88 bits per heavy atom. The molecule has 0 amide bonds. The predicted octanol–water partition coefficient (Wildman–Crippen LogP) is 2.09. The fourth-order valence-electron chi connectivity index (χ4n) is 1.58. The third-order valence-electron chi connectivity index (χ3n) is 2.34. The van der Waals surface area contributed by atoms with Crippen molar-refractivity contribution in [2.45, 2.75) is 0 Å². The number of carbonyl (C=O) groups is 1. The number of rotatable bonds is 3. The van der Waals surface area contributed by atoms with E-state index in [0.29, 0.717) is 11.4 Å². The second-order valence-corrected chi connectivity index (χ2v) is 3.39. The molecule has 0 saturated carbocycles. The van der Waals surface area contributed by atoms with Crippen molar-refractivity contribution >= 4 is 12.2 Å². The maximum atomic E-state index is 10.8. The summed E-state index contributed by atoms with van der Waals surface area (Å²) in [5, 5.41) is 21.8. The van der Waals surface area contributed by atoms with Crippen LogP contribution in [-0.4, -0.2) is 21.9 Å². The first kappa shape index (κ1) is 10.9. The largest absolute Gasteiger partial charge is 0.792 e. The molecule has 0 unspecified atom stereocenters. The molecule has 1 aromatic carbocycles. The van der Waals surface area contributed by atoms with Gasteiger partial charge in [-0.3, -0.25) is 0 Å². The van der Waals surface area contributed by atoms with Gasteiger partial charge in [0, 0.05) is 18.1 Å². The van der Waals surface area contributed by atoms with Crippen molar-refractivity contribution in [1.29, 1.82) is 0 Å². The first-order valence-corrected chi connectivity index (χ1v) is 4.89. The van der Waals surface area contributed by atoms with E-state index < -0.39 is 5.97 Å². The third kappa shape index (κ3) is 2.17. The lowest BCUT2D eigenvalue weighted by atomic mass is 10.2. The van der Waals surface area contributed by atoms with E-state index in [-0.39, 0.29) is 5.56 Å². The molecule has 0 bridgehead atoms. The fraction of sp³-hybridized carbons (Fsp3) is 0. The number of hydrogen-bond donors (Lipinski definition) is 1. The lowest BCUT2D eigenvalue weighted by Crippen LogP contribution is -2.01. The standard InChI is InChI=1S/C12H10N2O3/c15-12(16)9-3-1-4-10(7-9)14-6-2-5-11(14)8-13-17/h1-8,17H,(H,15,16)/p-1. The number of nitrogens with zero attached hydrogens (tertiary/aromatic N) is 2. The van der Waals surface area contributed by atoms with Gasteiger partial charge in [0.15, 0.2) is 0 Å². The summed E-state index contributed by atoms with van der Waals surface area (Å²) in [5.41, 5.74) is 1.47. The molecule has 0 aliphatic carbocycles. The Kier molecular flexibility index (Phi) is 2.91. The molecule has 0 radical (unpaired) electrons. The molecule has 0 fully saturated rings. The molecule has 0 atom stereocenters. The first-order valence-electron chi connectivity index (χ1n) is 4.89. The third-order valence-corrected chi connectivity index (χ3v) is 2.34. The SMILES string of the molecule is O=C(O)c1cccc(-n2cccc2C=N[O-])c1. The zero-order valence-electron chi connectivity index (χ0n) is 8.78. The molecule has 2 aromatic rings. The summed E-state index contributed by atoms with van der Waals surface area (Å²) in [6, 6.07) is 9.92. The number of aromatic nitrogens is 1. The van der Waals surface area contributed by atoms with E-state index in [2.05, 4.69) is 5.16 Å². The van der Waals surface area contributed by atoms with Crippen molar-refractivity contribution in [1.82, 2.24) is 4.57 Å². The quantitative estimate of drug-likeness (QED) is 0.646. The van der Waals surface area contributed by atoms with E-state index in [0.717, 1.165) is 0 Å². The van der Waals surface area contributed by atoms with Gasteiger partial charge in [-0.25, -0.2) is 4.79 Å². The minimum absolute atomic E-state index is 0.196. The van der Waals surface area contributed by atoms with Crippen molar-refractivity contribution in [3.05, 3.63) is 59.1 Å². The molecule has 86 valence electrons. The van der Waals surface area contributed by atoms with Crippen LogP contribution in [0.4, 0.5) is 0 Å². The second kappa shape index (κ2) is 4.52. The van der Waals surface area contributed by atoms with E-state index in [9.17, 15) is 10.0 Å². The summed E-state index contributed by atoms with van der Waals surface area (Å²) in [6.07, 6.45) is 2.91. The molecular formula is C12H9N2O3-. The van der Waals surface area contributed by atoms with Gasteiger partial charge in [0.05, 0.1) is 11.3 Å². The van der Waals surface area contributed by atoms with Crippen molar-refractivity contribution in [2.24, 2.45) is 5.16 Å². The molecule has 0 spiro atoms. The highest BCUT2D eigenvalue weighted by molar-refractivity contribution is 5.88. The van der Waals surface area contributed by atoms with Gasteiger partial charge < -0.3 is 20.0 Å². The van der Waals surface area contributed by atoms with E-state index >= 15 is 0 Å². The van der Waals surface area contributed by atoms with E-state index in [1.807, 2.05) is 0 Å². The average Bonchev–Trinajstić information content (AvgIpc) is 2.78. The van der Waals surface area contributed by atoms with Crippen LogP contribution in [0.5, 0.6) is 0 Å². The topological polar surface area (TPSA) is 77.6 Å². The summed E-state index contributed by atoms with van der Waals surface area (Å²) < 4.78 is 1.69. The highest BCUT2D eigenvalue weighted by Crippen LogP contribution is 2.13. The lowest BCUT2D eigenvalue weighted by molar-refractivity contribution is 0.0697. The highest BCUT2D eigenvalue weighted by atomic mass is 16.4. The van der Waals surface area contributed by atoms with Gasteiger partial charge in [0.2, 0.25) is 0 Å². The Bertz CT molecular complexity index is 573. The minimum atomic E-state index is -0.988. The van der Waals surface area contributed by atoms with Crippen LogP contribution in [0.1, 0.15) is 16.1 Å². The zero-order valence-corrected chi connectivity index (χ0v) is 8.78. The molecule has 0 aliphatic heterocycles. The number of carboxylic acid groups (broad SMARTS) is 1. The average molecular weight is 229 g/mol. The van der Waals surface area contributed by atoms with Crippen LogP contribution >= 0.6 is 0 Å². The Labute approximate surface area is 97.2 Å². The lowest BCUT2D eigenvalue weighted by Gasteiger charge is -2.07. The first-order chi connectivity index (χ1) is 8.22. The molecule has 1 N–H and O–H groups in total. The normalized spacial score (nSPS) is 10.8.